The first kappa shape index (κ1) is 22.2. The van der Waals surface area contributed by atoms with Gasteiger partial charge in [-0.2, -0.15) is 0 Å². The number of ether oxygens (including phenoxy) is 1. The van der Waals surface area contributed by atoms with Crippen LogP contribution in [0, 0.1) is 5.82 Å². The van der Waals surface area contributed by atoms with Crippen molar-refractivity contribution in [3.63, 3.8) is 0 Å². The normalized spacial score (nSPS) is 14.1. The maximum Gasteiger partial charge on any atom is 0.255 e. The summed E-state index contributed by atoms with van der Waals surface area (Å²) in [7, 11) is 0. The number of nitrogens with two attached hydrogens (primary N) is 1. The standard InChI is InChI=1S/C26H24FN3O3/c27-21-11-9-19(10-12-21)22(26(32)30-13-15-33-16-14-30)17-18-5-7-20(8-6-18)25(31)29-24-4-2-1-3-23(24)28/h1-12,17H,13-16,28H2,(H,29,31)/b22-17-. The Morgan fingerprint density at radius 3 is 2.21 bits per heavy atom. The lowest BCUT2D eigenvalue weighted by atomic mass is 10.0. The predicted molar refractivity (Wildman–Crippen MR) is 127 cm³/mol. The van der Waals surface area contributed by atoms with Crippen LogP contribution < -0.4 is 11.1 Å². The molecule has 1 fully saturated rings. The Hall–Kier alpha value is -3.97. The van der Waals surface area contributed by atoms with Crippen molar-refractivity contribution in [3.05, 3.63) is 95.3 Å². The van der Waals surface area contributed by atoms with Crippen molar-refractivity contribution in [3.8, 4) is 0 Å². The molecule has 7 heteroatoms. The number of carbonyl (C=O) groups excluding carboxylic acids is 2. The van der Waals surface area contributed by atoms with Gasteiger partial charge in [0.2, 0.25) is 0 Å². The van der Waals surface area contributed by atoms with Crippen molar-refractivity contribution in [2.75, 3.05) is 37.4 Å². The minimum Gasteiger partial charge on any atom is -0.397 e. The van der Waals surface area contributed by atoms with E-state index in [0.717, 1.165) is 5.56 Å². The lowest BCUT2D eigenvalue weighted by Gasteiger charge is -2.28. The van der Waals surface area contributed by atoms with Crippen LogP contribution in [0.5, 0.6) is 0 Å². The molecule has 0 unspecified atom stereocenters. The minimum absolute atomic E-state index is 0.147. The fourth-order valence-corrected chi connectivity index (χ4v) is 3.54. The fourth-order valence-electron chi connectivity index (χ4n) is 3.54. The number of hydrogen-bond donors (Lipinski definition) is 2. The Labute approximate surface area is 191 Å². The molecule has 168 valence electrons. The van der Waals surface area contributed by atoms with Crippen molar-refractivity contribution in [2.24, 2.45) is 0 Å². The van der Waals surface area contributed by atoms with E-state index in [1.165, 1.54) is 12.1 Å². The van der Waals surface area contributed by atoms with Gasteiger partial charge in [-0.05, 0) is 53.6 Å². The SMILES string of the molecule is Nc1ccccc1NC(=O)c1ccc(/C=C(\C(=O)N2CCOCC2)c2ccc(F)cc2)cc1. The molecular weight excluding hydrogens is 421 g/mol. The third-order valence-electron chi connectivity index (χ3n) is 5.38. The minimum atomic E-state index is -0.369. The third kappa shape index (κ3) is 5.45. The van der Waals surface area contributed by atoms with Crippen LogP contribution in [0.15, 0.2) is 72.8 Å². The number of carbonyl (C=O) groups is 2. The molecule has 1 heterocycles. The first-order valence-corrected chi connectivity index (χ1v) is 10.6. The molecule has 0 radical (unpaired) electrons. The van der Waals surface area contributed by atoms with Crippen molar-refractivity contribution in [1.82, 2.24) is 4.90 Å². The van der Waals surface area contributed by atoms with Gasteiger partial charge in [0.05, 0.1) is 24.6 Å². The van der Waals surface area contributed by atoms with Crippen molar-refractivity contribution >= 4 is 34.8 Å². The highest BCUT2D eigenvalue weighted by molar-refractivity contribution is 6.24. The average molecular weight is 445 g/mol. The molecule has 6 nitrogen and oxygen atoms in total. The quantitative estimate of drug-likeness (QED) is 0.352. The summed E-state index contributed by atoms with van der Waals surface area (Å²) in [4.78, 5) is 27.5. The van der Waals surface area contributed by atoms with Crippen molar-refractivity contribution in [2.45, 2.75) is 0 Å². The first-order valence-electron chi connectivity index (χ1n) is 10.6. The van der Waals surface area contributed by atoms with E-state index in [-0.39, 0.29) is 17.6 Å². The summed E-state index contributed by atoms with van der Waals surface area (Å²) in [5.41, 5.74) is 9.18. The van der Waals surface area contributed by atoms with E-state index in [0.29, 0.717) is 54.4 Å². The molecular formula is C26H24FN3O3. The maximum absolute atomic E-state index is 13.5. The Bertz CT molecular complexity index is 1170. The monoisotopic (exact) mass is 445 g/mol. The molecule has 1 aliphatic heterocycles. The number of nitrogens with zero attached hydrogens (tertiary/aromatic N) is 1. The molecule has 2 amide bonds. The summed E-state index contributed by atoms with van der Waals surface area (Å²) in [5, 5.41) is 2.79. The Morgan fingerprint density at radius 2 is 1.55 bits per heavy atom. The Morgan fingerprint density at radius 1 is 0.909 bits per heavy atom. The molecule has 0 aromatic heterocycles. The van der Waals surface area contributed by atoms with E-state index in [9.17, 15) is 14.0 Å². The van der Waals surface area contributed by atoms with E-state index in [4.69, 9.17) is 10.5 Å². The van der Waals surface area contributed by atoms with Crippen LogP contribution in [0.2, 0.25) is 0 Å². The molecule has 3 aromatic rings. The molecule has 0 spiro atoms. The molecule has 0 saturated carbocycles. The Balaban J connectivity index is 1.58. The van der Waals surface area contributed by atoms with E-state index < -0.39 is 0 Å². The van der Waals surface area contributed by atoms with Crippen LogP contribution in [0.25, 0.3) is 11.6 Å². The van der Waals surface area contributed by atoms with Gasteiger partial charge in [-0.25, -0.2) is 4.39 Å². The van der Waals surface area contributed by atoms with Gasteiger partial charge in [0, 0.05) is 24.2 Å². The average Bonchev–Trinajstić information content (AvgIpc) is 2.85. The second-order valence-corrected chi connectivity index (χ2v) is 7.63. The van der Waals surface area contributed by atoms with Crippen LogP contribution in [0.4, 0.5) is 15.8 Å². The van der Waals surface area contributed by atoms with E-state index >= 15 is 0 Å². The largest absolute Gasteiger partial charge is 0.397 e. The summed E-state index contributed by atoms with van der Waals surface area (Å²) in [6.45, 7) is 1.97. The number of nitrogen functional groups attached to an aromatic ring is 1. The first-order chi connectivity index (χ1) is 16.0. The number of halogens is 1. The molecule has 1 saturated heterocycles. The smallest absolute Gasteiger partial charge is 0.255 e. The number of amides is 2. The highest BCUT2D eigenvalue weighted by Crippen LogP contribution is 2.23. The maximum atomic E-state index is 13.5. The van der Waals surface area contributed by atoms with E-state index in [1.807, 2.05) is 0 Å². The van der Waals surface area contributed by atoms with Crippen LogP contribution in [-0.2, 0) is 9.53 Å². The number of nitrogens with one attached hydrogen (secondary N) is 1. The van der Waals surface area contributed by atoms with Gasteiger partial charge in [-0.1, -0.05) is 36.4 Å². The van der Waals surface area contributed by atoms with Gasteiger partial charge in [-0.3, -0.25) is 9.59 Å². The molecule has 0 atom stereocenters. The van der Waals surface area contributed by atoms with Crippen molar-refractivity contribution < 1.29 is 18.7 Å². The topological polar surface area (TPSA) is 84.7 Å². The zero-order valence-corrected chi connectivity index (χ0v) is 18.0. The van der Waals surface area contributed by atoms with Gasteiger partial charge in [0.1, 0.15) is 5.82 Å². The zero-order valence-electron chi connectivity index (χ0n) is 18.0. The summed E-state index contributed by atoms with van der Waals surface area (Å²) in [5.74, 6) is -0.802. The number of rotatable bonds is 5. The van der Waals surface area contributed by atoms with Gasteiger partial charge < -0.3 is 20.7 Å². The summed E-state index contributed by atoms with van der Waals surface area (Å²) >= 11 is 0. The second-order valence-electron chi connectivity index (χ2n) is 7.63. The molecule has 33 heavy (non-hydrogen) atoms. The summed E-state index contributed by atoms with van der Waals surface area (Å²) < 4.78 is 18.8. The van der Waals surface area contributed by atoms with Crippen molar-refractivity contribution in [1.29, 1.82) is 0 Å². The van der Waals surface area contributed by atoms with Gasteiger partial charge in [0.15, 0.2) is 0 Å². The lowest BCUT2D eigenvalue weighted by Crippen LogP contribution is -2.41. The molecule has 3 N–H and O–H groups in total. The van der Waals surface area contributed by atoms with Crippen LogP contribution >= 0.6 is 0 Å². The second kappa shape index (κ2) is 10.1. The summed E-state index contributed by atoms with van der Waals surface area (Å²) in [6, 6.07) is 19.8. The fraction of sp³-hybridized carbons (Fsp3) is 0.154. The van der Waals surface area contributed by atoms with Crippen LogP contribution in [0.3, 0.4) is 0 Å². The number of benzene rings is 3. The number of anilines is 2. The molecule has 0 aliphatic carbocycles. The molecule has 1 aliphatic rings. The van der Waals surface area contributed by atoms with Crippen LogP contribution in [-0.4, -0.2) is 43.0 Å². The molecule has 3 aromatic carbocycles. The van der Waals surface area contributed by atoms with Gasteiger partial charge >= 0.3 is 0 Å². The highest BCUT2D eigenvalue weighted by Gasteiger charge is 2.22. The predicted octanol–water partition coefficient (Wildman–Crippen LogP) is 4.06. The summed E-state index contributed by atoms with van der Waals surface area (Å²) in [6.07, 6.45) is 1.75. The Kier molecular flexibility index (Phi) is 6.80. The van der Waals surface area contributed by atoms with E-state index in [2.05, 4.69) is 5.32 Å². The van der Waals surface area contributed by atoms with Gasteiger partial charge in [0.25, 0.3) is 11.8 Å². The number of morpholine rings is 1. The zero-order chi connectivity index (χ0) is 23.2. The number of para-hydroxylation sites is 2. The lowest BCUT2D eigenvalue weighted by molar-refractivity contribution is -0.128. The van der Waals surface area contributed by atoms with Gasteiger partial charge in [-0.15, -0.1) is 0 Å². The number of hydrogen-bond acceptors (Lipinski definition) is 4. The van der Waals surface area contributed by atoms with Crippen LogP contribution in [0.1, 0.15) is 21.5 Å². The third-order valence-corrected chi connectivity index (χ3v) is 5.38. The molecule has 4 rings (SSSR count). The highest BCUT2D eigenvalue weighted by atomic mass is 19.1. The molecule has 0 bridgehead atoms. The van der Waals surface area contributed by atoms with E-state index in [1.54, 1.807) is 71.6 Å².